The average molecular weight is 352 g/mol. The lowest BCUT2D eigenvalue weighted by atomic mass is 9.95. The average Bonchev–Trinajstić information content (AvgIpc) is 2.96. The first-order chi connectivity index (χ1) is 12.5. The van der Waals surface area contributed by atoms with Crippen LogP contribution in [0.3, 0.4) is 0 Å². The molecule has 0 spiro atoms. The number of likely N-dealkylation sites (N-methyl/N-ethyl adjacent to an activating group) is 1. The van der Waals surface area contributed by atoms with E-state index in [-0.39, 0.29) is 11.9 Å². The Kier molecular flexibility index (Phi) is 3.91. The standard InChI is InChI=1S/C19H17FN4O2/c1-23-15-11-24(10-12-5-7-21-8-6-12)18(25)16(15)17(22-19(23)26)13-3-2-4-14(20)9-13/h2-9,17H,10-11H2,1H3,(H,22,26). The van der Waals surface area contributed by atoms with Crippen LogP contribution in [-0.2, 0) is 11.3 Å². The Hall–Kier alpha value is -3.22. The number of nitrogens with zero attached hydrogens (tertiary/aromatic N) is 3. The third-order valence-electron chi connectivity index (χ3n) is 4.74. The smallest absolute Gasteiger partial charge is 0.322 e. The van der Waals surface area contributed by atoms with Crippen molar-refractivity contribution in [3.05, 3.63) is 77.0 Å². The molecule has 7 heteroatoms. The Labute approximate surface area is 149 Å². The van der Waals surface area contributed by atoms with E-state index in [1.54, 1.807) is 36.5 Å². The van der Waals surface area contributed by atoms with Crippen molar-refractivity contribution in [2.24, 2.45) is 0 Å². The maximum absolute atomic E-state index is 13.7. The van der Waals surface area contributed by atoms with Crippen molar-refractivity contribution in [1.82, 2.24) is 20.1 Å². The van der Waals surface area contributed by atoms with Crippen LogP contribution in [0.25, 0.3) is 0 Å². The minimum atomic E-state index is -0.653. The molecule has 6 nitrogen and oxygen atoms in total. The van der Waals surface area contributed by atoms with Crippen LogP contribution in [0.1, 0.15) is 17.2 Å². The molecule has 1 aromatic heterocycles. The Morgan fingerprint density at radius 1 is 1.23 bits per heavy atom. The molecule has 1 atom stereocenters. The number of amides is 3. The minimum Gasteiger partial charge on any atom is -0.329 e. The molecule has 3 heterocycles. The quantitative estimate of drug-likeness (QED) is 0.921. The summed E-state index contributed by atoms with van der Waals surface area (Å²) < 4.78 is 13.7. The summed E-state index contributed by atoms with van der Waals surface area (Å²) in [5.41, 5.74) is 2.66. The molecule has 2 aliphatic heterocycles. The van der Waals surface area contributed by atoms with Crippen LogP contribution in [0.5, 0.6) is 0 Å². The number of aromatic nitrogens is 1. The van der Waals surface area contributed by atoms with Gasteiger partial charge in [0.05, 0.1) is 23.9 Å². The zero-order chi connectivity index (χ0) is 18.3. The van der Waals surface area contributed by atoms with Crippen molar-refractivity contribution in [3.8, 4) is 0 Å². The fraction of sp³-hybridized carbons (Fsp3) is 0.211. The summed E-state index contributed by atoms with van der Waals surface area (Å²) in [5.74, 6) is -0.560. The summed E-state index contributed by atoms with van der Waals surface area (Å²) in [4.78, 5) is 32.5. The molecule has 0 radical (unpaired) electrons. The summed E-state index contributed by atoms with van der Waals surface area (Å²) >= 11 is 0. The highest BCUT2D eigenvalue weighted by molar-refractivity contribution is 6.01. The first kappa shape index (κ1) is 16.3. The lowest BCUT2D eigenvalue weighted by Crippen LogP contribution is -2.45. The van der Waals surface area contributed by atoms with Crippen molar-refractivity contribution in [2.75, 3.05) is 13.6 Å². The Balaban J connectivity index is 1.69. The number of pyridine rings is 1. The van der Waals surface area contributed by atoms with Crippen LogP contribution < -0.4 is 5.32 Å². The molecular formula is C19H17FN4O2. The topological polar surface area (TPSA) is 65.5 Å². The van der Waals surface area contributed by atoms with Crippen LogP contribution in [-0.4, -0.2) is 40.3 Å². The van der Waals surface area contributed by atoms with Crippen molar-refractivity contribution in [3.63, 3.8) is 0 Å². The van der Waals surface area contributed by atoms with Gasteiger partial charge in [-0.25, -0.2) is 9.18 Å². The number of nitrogens with one attached hydrogen (secondary N) is 1. The van der Waals surface area contributed by atoms with Crippen LogP contribution in [0.4, 0.5) is 9.18 Å². The van der Waals surface area contributed by atoms with Crippen molar-refractivity contribution >= 4 is 11.9 Å². The molecule has 3 amide bonds. The maximum atomic E-state index is 13.7. The summed E-state index contributed by atoms with van der Waals surface area (Å²) in [7, 11) is 1.63. The largest absolute Gasteiger partial charge is 0.329 e. The summed E-state index contributed by atoms with van der Waals surface area (Å²) in [6.07, 6.45) is 3.35. The van der Waals surface area contributed by atoms with E-state index in [0.717, 1.165) is 5.56 Å². The molecule has 0 saturated carbocycles. The number of rotatable bonds is 3. The van der Waals surface area contributed by atoms with Gasteiger partial charge in [0.25, 0.3) is 5.91 Å². The van der Waals surface area contributed by atoms with Gasteiger partial charge in [0.1, 0.15) is 5.82 Å². The number of hydrogen-bond acceptors (Lipinski definition) is 3. The van der Waals surface area contributed by atoms with Crippen LogP contribution in [0.15, 0.2) is 60.1 Å². The van der Waals surface area contributed by atoms with Crippen molar-refractivity contribution < 1.29 is 14.0 Å². The molecule has 2 aromatic rings. The normalized spacial score (nSPS) is 19.7. The molecule has 0 saturated heterocycles. The highest BCUT2D eigenvalue weighted by atomic mass is 19.1. The summed E-state index contributed by atoms with van der Waals surface area (Å²) in [5, 5.41) is 2.80. The van der Waals surface area contributed by atoms with Gasteiger partial charge in [-0.1, -0.05) is 12.1 Å². The second-order valence-corrected chi connectivity index (χ2v) is 6.37. The lowest BCUT2D eigenvalue weighted by molar-refractivity contribution is -0.126. The van der Waals surface area contributed by atoms with Gasteiger partial charge in [-0.2, -0.15) is 0 Å². The van der Waals surface area contributed by atoms with Crippen LogP contribution in [0, 0.1) is 5.82 Å². The predicted molar refractivity (Wildman–Crippen MR) is 92.1 cm³/mol. The molecule has 4 rings (SSSR count). The summed E-state index contributed by atoms with van der Waals surface area (Å²) in [6, 6.07) is 8.70. The molecule has 0 aliphatic carbocycles. The number of hydrogen-bond donors (Lipinski definition) is 1. The van der Waals surface area contributed by atoms with E-state index in [4.69, 9.17) is 0 Å². The first-order valence-electron chi connectivity index (χ1n) is 8.25. The predicted octanol–water partition coefficient (Wildman–Crippen LogP) is 2.21. The molecule has 1 aromatic carbocycles. The van der Waals surface area contributed by atoms with Crippen LogP contribution >= 0.6 is 0 Å². The SMILES string of the molecule is CN1C(=O)NC(c2cccc(F)c2)C2=C1CN(Cc1ccncc1)C2=O. The van der Waals surface area contributed by atoms with E-state index in [1.165, 1.54) is 17.0 Å². The Morgan fingerprint density at radius 3 is 2.73 bits per heavy atom. The second kappa shape index (κ2) is 6.25. The van der Waals surface area contributed by atoms with E-state index in [9.17, 15) is 14.0 Å². The van der Waals surface area contributed by atoms with Gasteiger partial charge < -0.3 is 10.2 Å². The molecule has 1 N–H and O–H groups in total. The second-order valence-electron chi connectivity index (χ2n) is 6.37. The van der Waals surface area contributed by atoms with Gasteiger partial charge in [-0.3, -0.25) is 14.7 Å². The number of benzene rings is 1. The van der Waals surface area contributed by atoms with Crippen molar-refractivity contribution in [2.45, 2.75) is 12.6 Å². The van der Waals surface area contributed by atoms with Crippen LogP contribution in [0.2, 0.25) is 0 Å². The minimum absolute atomic E-state index is 0.155. The van der Waals surface area contributed by atoms with E-state index in [0.29, 0.717) is 29.9 Å². The van der Waals surface area contributed by atoms with E-state index in [2.05, 4.69) is 10.3 Å². The molecule has 0 bridgehead atoms. The fourth-order valence-electron chi connectivity index (χ4n) is 3.40. The number of carbonyl (C=O) groups excluding carboxylic acids is 2. The van der Waals surface area contributed by atoms with Gasteiger partial charge in [0.2, 0.25) is 0 Å². The maximum Gasteiger partial charge on any atom is 0.322 e. The highest BCUT2D eigenvalue weighted by Gasteiger charge is 2.42. The number of halogens is 1. The Bertz CT molecular complexity index is 913. The number of carbonyl (C=O) groups is 2. The number of urea groups is 1. The molecule has 26 heavy (non-hydrogen) atoms. The van der Waals surface area contributed by atoms with Gasteiger partial charge in [-0.15, -0.1) is 0 Å². The molecular weight excluding hydrogens is 335 g/mol. The monoisotopic (exact) mass is 352 g/mol. The Morgan fingerprint density at radius 2 is 2.00 bits per heavy atom. The third kappa shape index (κ3) is 2.71. The molecule has 1 unspecified atom stereocenters. The molecule has 132 valence electrons. The van der Waals surface area contributed by atoms with Gasteiger partial charge >= 0.3 is 6.03 Å². The lowest BCUT2D eigenvalue weighted by Gasteiger charge is -2.31. The summed E-state index contributed by atoms with van der Waals surface area (Å²) in [6.45, 7) is 0.762. The first-order valence-corrected chi connectivity index (χ1v) is 8.25. The van der Waals surface area contributed by atoms with Crippen molar-refractivity contribution in [1.29, 1.82) is 0 Å². The van der Waals surface area contributed by atoms with E-state index in [1.807, 2.05) is 12.1 Å². The van der Waals surface area contributed by atoms with Gasteiger partial charge in [0.15, 0.2) is 0 Å². The highest BCUT2D eigenvalue weighted by Crippen LogP contribution is 2.36. The molecule has 2 aliphatic rings. The fourth-order valence-corrected chi connectivity index (χ4v) is 3.40. The molecule has 0 fully saturated rings. The third-order valence-corrected chi connectivity index (χ3v) is 4.74. The van der Waals surface area contributed by atoms with Gasteiger partial charge in [-0.05, 0) is 35.4 Å². The van der Waals surface area contributed by atoms with Gasteiger partial charge in [0, 0.05) is 26.0 Å². The zero-order valence-electron chi connectivity index (χ0n) is 14.1. The van der Waals surface area contributed by atoms with E-state index >= 15 is 0 Å². The van der Waals surface area contributed by atoms with E-state index < -0.39 is 11.9 Å². The zero-order valence-corrected chi connectivity index (χ0v) is 14.1.